The van der Waals surface area contributed by atoms with E-state index in [4.69, 9.17) is 16.3 Å². The maximum Gasteiger partial charge on any atom is 0.277 e. The molecule has 2 aromatic heterocycles. The Kier molecular flexibility index (Phi) is 6.50. The van der Waals surface area contributed by atoms with Gasteiger partial charge in [0.15, 0.2) is 6.61 Å². The number of ether oxygens (including phenoxy) is 1. The van der Waals surface area contributed by atoms with Crippen molar-refractivity contribution in [2.75, 3.05) is 6.61 Å². The molecule has 0 aliphatic carbocycles. The number of rotatable bonds is 7. The molecule has 5 aromatic rings. The lowest BCUT2D eigenvalue weighted by Gasteiger charge is -2.12. The molecule has 1 amide bonds. The number of amides is 1. The molecule has 0 radical (unpaired) electrons. The molecule has 0 unspecified atom stereocenters. The number of pyridine rings is 1. The van der Waals surface area contributed by atoms with Crippen LogP contribution in [-0.2, 0) is 4.79 Å². The highest BCUT2D eigenvalue weighted by atomic mass is 35.5. The third-order valence-electron chi connectivity index (χ3n) is 5.26. The van der Waals surface area contributed by atoms with Crippen molar-refractivity contribution in [2.24, 2.45) is 5.10 Å². The van der Waals surface area contributed by atoms with Crippen LogP contribution >= 0.6 is 11.6 Å². The molecule has 7 nitrogen and oxygen atoms in total. The summed E-state index contributed by atoms with van der Waals surface area (Å²) in [7, 11) is 0. The van der Waals surface area contributed by atoms with E-state index in [0.717, 1.165) is 27.8 Å². The first-order chi connectivity index (χ1) is 17.2. The van der Waals surface area contributed by atoms with Crippen LogP contribution in [-0.4, -0.2) is 33.5 Å². The molecule has 0 atom stereocenters. The van der Waals surface area contributed by atoms with E-state index in [2.05, 4.69) is 20.6 Å². The van der Waals surface area contributed by atoms with Crippen molar-refractivity contribution in [3.05, 3.63) is 108 Å². The van der Waals surface area contributed by atoms with Gasteiger partial charge in [-0.05, 0) is 42.5 Å². The van der Waals surface area contributed by atoms with Gasteiger partial charge in [-0.3, -0.25) is 4.79 Å². The van der Waals surface area contributed by atoms with Gasteiger partial charge in [0.05, 0.1) is 29.3 Å². The van der Waals surface area contributed by atoms with E-state index in [-0.39, 0.29) is 6.61 Å². The predicted molar refractivity (Wildman–Crippen MR) is 137 cm³/mol. The first kappa shape index (κ1) is 22.3. The van der Waals surface area contributed by atoms with Crippen LogP contribution < -0.4 is 10.2 Å². The lowest BCUT2D eigenvalue weighted by Crippen LogP contribution is -2.24. The number of halogens is 1. The zero-order valence-electron chi connectivity index (χ0n) is 18.5. The molecule has 0 saturated carbocycles. The zero-order valence-corrected chi connectivity index (χ0v) is 19.3. The van der Waals surface area contributed by atoms with Crippen molar-refractivity contribution in [3.8, 4) is 22.7 Å². The fourth-order valence-corrected chi connectivity index (χ4v) is 3.83. The Balaban J connectivity index is 1.27. The van der Waals surface area contributed by atoms with E-state index < -0.39 is 5.91 Å². The Bertz CT molecular complexity index is 1510. The highest BCUT2D eigenvalue weighted by molar-refractivity contribution is 6.32. The molecule has 1 N–H and O–H groups in total. The smallest absolute Gasteiger partial charge is 0.277 e. The highest BCUT2D eigenvalue weighted by Gasteiger charge is 2.13. The number of hydrazone groups is 1. The minimum atomic E-state index is -0.405. The second kappa shape index (κ2) is 10.2. The van der Waals surface area contributed by atoms with Crippen molar-refractivity contribution in [2.45, 2.75) is 0 Å². The Labute approximate surface area is 206 Å². The van der Waals surface area contributed by atoms with Crippen LogP contribution in [0.25, 0.3) is 27.8 Å². The number of hydrogen-bond acceptors (Lipinski definition) is 5. The van der Waals surface area contributed by atoms with Crippen molar-refractivity contribution in [3.63, 3.8) is 0 Å². The predicted octanol–water partition coefficient (Wildman–Crippen LogP) is 5.27. The molecular formula is C27H20ClN5O2. The molecule has 0 saturated heterocycles. The number of nitrogens with zero attached hydrogens (tertiary/aromatic N) is 4. The van der Waals surface area contributed by atoms with Gasteiger partial charge in [-0.2, -0.15) is 10.2 Å². The molecular weight excluding hydrogens is 462 g/mol. The number of benzene rings is 3. The summed E-state index contributed by atoms with van der Waals surface area (Å²) in [5.74, 6) is 0.156. The molecule has 5 rings (SSSR count). The normalized spacial score (nSPS) is 11.1. The molecule has 0 fully saturated rings. The number of nitrogens with one attached hydrogen (secondary N) is 1. The maximum atomic E-state index is 12.4. The van der Waals surface area contributed by atoms with Gasteiger partial charge in [0.1, 0.15) is 10.9 Å². The average Bonchev–Trinajstić information content (AvgIpc) is 3.38. The minimum Gasteiger partial charge on any atom is -0.483 e. The van der Waals surface area contributed by atoms with Crippen LogP contribution in [0.1, 0.15) is 5.56 Å². The summed E-state index contributed by atoms with van der Waals surface area (Å²) < 4.78 is 7.66. The number of carbonyl (C=O) groups excluding carboxylic acids is 1. The fourth-order valence-electron chi connectivity index (χ4n) is 3.64. The summed E-state index contributed by atoms with van der Waals surface area (Å²) in [5.41, 5.74) is 6.46. The summed E-state index contributed by atoms with van der Waals surface area (Å²) in [6.45, 7) is -0.211. The van der Waals surface area contributed by atoms with E-state index in [9.17, 15) is 4.79 Å². The number of hydrogen-bond donors (Lipinski definition) is 1. The maximum absolute atomic E-state index is 12.4. The Morgan fingerprint density at radius 2 is 1.77 bits per heavy atom. The van der Waals surface area contributed by atoms with Crippen molar-refractivity contribution in [1.82, 2.24) is 20.2 Å². The molecule has 8 heteroatoms. The molecule has 172 valence electrons. The average molecular weight is 482 g/mol. The van der Waals surface area contributed by atoms with Gasteiger partial charge in [-0.15, -0.1) is 0 Å². The van der Waals surface area contributed by atoms with E-state index in [1.165, 1.54) is 6.21 Å². The Hall–Kier alpha value is -4.49. The first-order valence-corrected chi connectivity index (χ1v) is 11.3. The molecule has 0 spiro atoms. The molecule has 2 heterocycles. The van der Waals surface area contributed by atoms with E-state index >= 15 is 0 Å². The van der Waals surface area contributed by atoms with Gasteiger partial charge in [0.2, 0.25) is 0 Å². The number of carbonyl (C=O) groups is 1. The van der Waals surface area contributed by atoms with Gasteiger partial charge in [-0.25, -0.2) is 15.1 Å². The summed E-state index contributed by atoms with van der Waals surface area (Å²) >= 11 is 6.24. The van der Waals surface area contributed by atoms with Crippen molar-refractivity contribution in [1.29, 1.82) is 0 Å². The molecule has 35 heavy (non-hydrogen) atoms. The highest BCUT2D eigenvalue weighted by Crippen LogP contribution is 2.31. The van der Waals surface area contributed by atoms with E-state index in [1.807, 2.05) is 95.7 Å². The molecule has 3 aromatic carbocycles. The number of fused-ring (bicyclic) bond motifs is 1. The van der Waals surface area contributed by atoms with Crippen LogP contribution in [0.5, 0.6) is 5.75 Å². The van der Waals surface area contributed by atoms with Crippen LogP contribution in [0.2, 0.25) is 5.15 Å². The van der Waals surface area contributed by atoms with Gasteiger partial charge < -0.3 is 4.74 Å². The lowest BCUT2D eigenvalue weighted by molar-refractivity contribution is -0.123. The van der Waals surface area contributed by atoms with Gasteiger partial charge in [0, 0.05) is 16.5 Å². The van der Waals surface area contributed by atoms with Crippen LogP contribution in [0, 0.1) is 0 Å². The fraction of sp³-hybridized carbons (Fsp3) is 0.0370. The topological polar surface area (TPSA) is 81.4 Å². The van der Waals surface area contributed by atoms with Crippen molar-refractivity contribution >= 4 is 34.6 Å². The second-order valence-electron chi connectivity index (χ2n) is 7.60. The summed E-state index contributed by atoms with van der Waals surface area (Å²) in [6.07, 6.45) is 3.19. The Morgan fingerprint density at radius 1 is 1.00 bits per heavy atom. The van der Waals surface area contributed by atoms with Crippen LogP contribution in [0.15, 0.2) is 102 Å². The Morgan fingerprint density at radius 3 is 2.66 bits per heavy atom. The molecule has 0 bridgehead atoms. The third-order valence-corrected chi connectivity index (χ3v) is 5.57. The zero-order chi connectivity index (χ0) is 24.0. The van der Waals surface area contributed by atoms with E-state index in [0.29, 0.717) is 16.5 Å². The first-order valence-electron chi connectivity index (χ1n) is 10.9. The summed E-state index contributed by atoms with van der Waals surface area (Å²) in [6, 6.07) is 28.7. The molecule has 0 aliphatic heterocycles. The monoisotopic (exact) mass is 481 g/mol. The second-order valence-corrected chi connectivity index (χ2v) is 7.96. The van der Waals surface area contributed by atoms with Crippen LogP contribution in [0.4, 0.5) is 0 Å². The summed E-state index contributed by atoms with van der Waals surface area (Å²) in [5, 5.41) is 9.68. The molecule has 0 aliphatic rings. The SMILES string of the molecule is O=C(COc1ccccc1-c1ccnn1-c1ccccc1)N/N=C/c1cc2ccccc2nc1Cl. The van der Waals surface area contributed by atoms with Gasteiger partial charge in [0.25, 0.3) is 5.91 Å². The largest absolute Gasteiger partial charge is 0.483 e. The quantitative estimate of drug-likeness (QED) is 0.195. The third kappa shape index (κ3) is 5.05. The van der Waals surface area contributed by atoms with Gasteiger partial charge >= 0.3 is 0 Å². The summed E-state index contributed by atoms with van der Waals surface area (Å²) in [4.78, 5) is 16.7. The van der Waals surface area contributed by atoms with Crippen LogP contribution in [0.3, 0.4) is 0 Å². The van der Waals surface area contributed by atoms with Gasteiger partial charge in [-0.1, -0.05) is 60.1 Å². The number of aromatic nitrogens is 3. The lowest BCUT2D eigenvalue weighted by atomic mass is 10.1. The minimum absolute atomic E-state index is 0.211. The standard InChI is InChI=1S/C27H20ClN5O2/c28-27-20(16-19-8-4-6-12-23(19)31-27)17-29-32-26(34)18-35-25-13-7-5-11-22(25)24-14-15-30-33(24)21-9-2-1-3-10-21/h1-17H,18H2,(H,32,34)/b29-17+. The van der Waals surface area contributed by atoms with E-state index in [1.54, 1.807) is 6.20 Å². The van der Waals surface area contributed by atoms with Crippen molar-refractivity contribution < 1.29 is 9.53 Å². The number of para-hydroxylation sites is 3.